The second kappa shape index (κ2) is 6.96. The molecule has 3 heterocycles. The number of nitrogens with zero attached hydrogens (tertiary/aromatic N) is 3. The molecule has 2 fully saturated rings. The van der Waals surface area contributed by atoms with E-state index in [4.69, 9.17) is 0 Å². The molecule has 7 nitrogen and oxygen atoms in total. The number of amides is 2. The highest BCUT2D eigenvalue weighted by Crippen LogP contribution is 2.34. The summed E-state index contributed by atoms with van der Waals surface area (Å²) < 4.78 is 1.87. The van der Waals surface area contributed by atoms with Gasteiger partial charge >= 0.3 is 0 Å². The van der Waals surface area contributed by atoms with E-state index in [0.29, 0.717) is 24.8 Å². The summed E-state index contributed by atoms with van der Waals surface area (Å²) in [5.41, 5.74) is 3.10. The van der Waals surface area contributed by atoms with Gasteiger partial charge in [0.05, 0.1) is 11.2 Å². The summed E-state index contributed by atoms with van der Waals surface area (Å²) in [6.07, 6.45) is 1.76. The molecule has 1 aromatic heterocycles. The number of aryl methyl sites for hydroxylation is 1. The fourth-order valence-corrected chi connectivity index (χ4v) is 4.55. The minimum absolute atomic E-state index is 0.146. The van der Waals surface area contributed by atoms with Crippen LogP contribution >= 0.6 is 0 Å². The van der Waals surface area contributed by atoms with Crippen LogP contribution in [0.4, 0.5) is 5.69 Å². The highest BCUT2D eigenvalue weighted by Gasteiger charge is 2.30. The lowest BCUT2D eigenvalue weighted by molar-refractivity contribution is -0.133. The Kier molecular flexibility index (Phi) is 4.63. The van der Waals surface area contributed by atoms with Crippen LogP contribution in [0.5, 0.6) is 0 Å². The van der Waals surface area contributed by atoms with Gasteiger partial charge in [0.15, 0.2) is 0 Å². The first-order chi connectivity index (χ1) is 13.0. The number of piperidine rings is 2. The van der Waals surface area contributed by atoms with Crippen LogP contribution in [0.25, 0.3) is 10.9 Å². The van der Waals surface area contributed by atoms with E-state index in [9.17, 15) is 9.59 Å². The fraction of sp³-hybridized carbons (Fsp3) is 0.550. The Morgan fingerprint density at radius 2 is 1.96 bits per heavy atom. The minimum Gasteiger partial charge on any atom is -0.371 e. The van der Waals surface area contributed by atoms with Crippen LogP contribution in [-0.4, -0.2) is 47.8 Å². The molecule has 0 aliphatic carbocycles. The topological polar surface area (TPSA) is 79.3 Å². The lowest BCUT2D eigenvalue weighted by Gasteiger charge is -2.38. The Labute approximate surface area is 159 Å². The van der Waals surface area contributed by atoms with Gasteiger partial charge in [0.2, 0.25) is 11.8 Å². The van der Waals surface area contributed by atoms with Crippen molar-refractivity contribution in [2.75, 3.05) is 25.0 Å². The van der Waals surface area contributed by atoms with Crippen LogP contribution in [0.2, 0.25) is 0 Å². The highest BCUT2D eigenvalue weighted by molar-refractivity contribution is 5.99. The number of hydrogen-bond donors (Lipinski definition) is 2. The van der Waals surface area contributed by atoms with Crippen LogP contribution in [0.15, 0.2) is 18.2 Å². The van der Waals surface area contributed by atoms with Crippen molar-refractivity contribution in [3.8, 4) is 0 Å². The molecule has 0 saturated carbocycles. The summed E-state index contributed by atoms with van der Waals surface area (Å²) in [5, 5.41) is 11.5. The van der Waals surface area contributed by atoms with Crippen LogP contribution in [0.1, 0.15) is 37.8 Å². The number of aromatic nitrogens is 2. The standard InChI is InChI=1S/C20H27N5O2/c1-12-11-25(7-6-16(12)21-2)14-4-5-15-17(10-14)24(3)23-20(15)13-8-18(26)22-19(27)9-13/h4-5,10,12-13,16,21H,6-9,11H2,1-3H3,(H,22,26,27)/t12-,16+/m1/s1. The third-order valence-electron chi connectivity index (χ3n) is 6.03. The Bertz CT molecular complexity index is 874. The molecule has 0 unspecified atom stereocenters. The Balaban J connectivity index is 1.63. The number of fused-ring (bicyclic) bond motifs is 1. The first-order valence-electron chi connectivity index (χ1n) is 9.67. The third-order valence-corrected chi connectivity index (χ3v) is 6.03. The number of imide groups is 1. The maximum Gasteiger partial charge on any atom is 0.227 e. The van der Waals surface area contributed by atoms with Gasteiger partial charge in [0.25, 0.3) is 0 Å². The lowest BCUT2D eigenvalue weighted by Crippen LogP contribution is -2.47. The van der Waals surface area contributed by atoms with Crippen molar-refractivity contribution in [3.63, 3.8) is 0 Å². The van der Waals surface area contributed by atoms with E-state index >= 15 is 0 Å². The number of nitrogens with one attached hydrogen (secondary N) is 2. The average molecular weight is 369 g/mol. The molecule has 2 saturated heterocycles. The van der Waals surface area contributed by atoms with Crippen molar-refractivity contribution in [1.29, 1.82) is 0 Å². The van der Waals surface area contributed by atoms with Crippen molar-refractivity contribution >= 4 is 28.4 Å². The monoisotopic (exact) mass is 369 g/mol. The number of hydrogen-bond acceptors (Lipinski definition) is 5. The van der Waals surface area contributed by atoms with Crippen molar-refractivity contribution in [2.24, 2.45) is 13.0 Å². The predicted molar refractivity (Wildman–Crippen MR) is 105 cm³/mol. The Morgan fingerprint density at radius 1 is 1.22 bits per heavy atom. The zero-order valence-electron chi connectivity index (χ0n) is 16.2. The van der Waals surface area contributed by atoms with Crippen LogP contribution in [0.3, 0.4) is 0 Å². The molecule has 0 spiro atoms. The molecule has 0 radical (unpaired) electrons. The first kappa shape index (κ1) is 18.0. The van der Waals surface area contributed by atoms with Crippen molar-refractivity contribution in [3.05, 3.63) is 23.9 Å². The second-order valence-corrected chi connectivity index (χ2v) is 7.89. The molecule has 27 heavy (non-hydrogen) atoms. The van der Waals surface area contributed by atoms with Crippen molar-refractivity contribution in [1.82, 2.24) is 20.4 Å². The smallest absolute Gasteiger partial charge is 0.227 e. The molecule has 2 atom stereocenters. The Hall–Kier alpha value is -2.41. The van der Waals surface area contributed by atoms with E-state index in [1.807, 2.05) is 18.8 Å². The van der Waals surface area contributed by atoms with Crippen LogP contribution in [0, 0.1) is 5.92 Å². The van der Waals surface area contributed by atoms with Crippen LogP contribution < -0.4 is 15.5 Å². The van der Waals surface area contributed by atoms with E-state index in [-0.39, 0.29) is 17.7 Å². The minimum atomic E-state index is -0.215. The first-order valence-corrected chi connectivity index (χ1v) is 9.67. The predicted octanol–water partition coefficient (Wildman–Crippen LogP) is 1.53. The third kappa shape index (κ3) is 3.32. The van der Waals surface area contributed by atoms with E-state index in [1.54, 1.807) is 0 Å². The lowest BCUT2D eigenvalue weighted by atomic mass is 9.91. The largest absolute Gasteiger partial charge is 0.371 e. The van der Waals surface area contributed by atoms with Gasteiger partial charge in [-0.15, -0.1) is 0 Å². The molecule has 2 aliphatic rings. The average Bonchev–Trinajstić information content (AvgIpc) is 2.97. The molecule has 0 bridgehead atoms. The summed E-state index contributed by atoms with van der Waals surface area (Å²) in [7, 11) is 3.96. The maximum absolute atomic E-state index is 11.8. The summed E-state index contributed by atoms with van der Waals surface area (Å²) in [6.45, 7) is 4.35. The molecule has 2 N–H and O–H groups in total. The normalized spacial score (nSPS) is 24.5. The molecule has 2 amide bonds. The highest BCUT2D eigenvalue weighted by atomic mass is 16.2. The fourth-order valence-electron chi connectivity index (χ4n) is 4.55. The number of carbonyl (C=O) groups excluding carboxylic acids is 2. The van der Waals surface area contributed by atoms with Gasteiger partial charge in [-0.2, -0.15) is 5.10 Å². The number of carbonyl (C=O) groups is 2. The summed E-state index contributed by atoms with van der Waals surface area (Å²) in [4.78, 5) is 26.0. The molecule has 2 aromatic rings. The quantitative estimate of drug-likeness (QED) is 0.802. The summed E-state index contributed by atoms with van der Waals surface area (Å²) in [6, 6.07) is 7.00. The zero-order valence-corrected chi connectivity index (χ0v) is 16.2. The van der Waals surface area contributed by atoms with Crippen molar-refractivity contribution < 1.29 is 9.59 Å². The molecule has 144 valence electrons. The SMILES string of the molecule is CN[C@H]1CCN(c2ccc3c(C4CC(=O)NC(=O)C4)nn(C)c3c2)C[C@H]1C. The van der Waals surface area contributed by atoms with Gasteiger partial charge < -0.3 is 10.2 Å². The summed E-state index contributed by atoms with van der Waals surface area (Å²) in [5.74, 6) is 0.0154. The zero-order chi connectivity index (χ0) is 19.1. The molecule has 4 rings (SSSR count). The van der Waals surface area contributed by atoms with Crippen LogP contribution in [-0.2, 0) is 16.6 Å². The molecule has 2 aliphatic heterocycles. The van der Waals surface area contributed by atoms with E-state index in [2.05, 4.69) is 45.8 Å². The molecular formula is C20H27N5O2. The number of rotatable bonds is 3. The van der Waals surface area contributed by atoms with E-state index in [1.165, 1.54) is 5.69 Å². The van der Waals surface area contributed by atoms with Crippen molar-refractivity contribution in [2.45, 2.75) is 38.1 Å². The second-order valence-electron chi connectivity index (χ2n) is 7.89. The van der Waals surface area contributed by atoms with Gasteiger partial charge in [-0.05, 0) is 37.6 Å². The van der Waals surface area contributed by atoms with E-state index in [0.717, 1.165) is 36.1 Å². The van der Waals surface area contributed by atoms with E-state index < -0.39 is 0 Å². The molecular weight excluding hydrogens is 342 g/mol. The van der Waals surface area contributed by atoms with Gasteiger partial charge in [0.1, 0.15) is 0 Å². The van der Waals surface area contributed by atoms with Gasteiger partial charge in [-0.25, -0.2) is 0 Å². The number of benzene rings is 1. The Morgan fingerprint density at radius 3 is 2.63 bits per heavy atom. The molecule has 1 aromatic carbocycles. The number of anilines is 1. The van der Waals surface area contributed by atoms with Gasteiger partial charge in [-0.3, -0.25) is 19.6 Å². The molecule has 7 heteroatoms. The maximum atomic E-state index is 11.8. The van der Waals surface area contributed by atoms with Gasteiger partial charge in [0, 0.05) is 56.0 Å². The van der Waals surface area contributed by atoms with Gasteiger partial charge in [-0.1, -0.05) is 6.92 Å². The summed E-state index contributed by atoms with van der Waals surface area (Å²) >= 11 is 0.